The van der Waals surface area contributed by atoms with E-state index in [1.165, 1.54) is 5.01 Å². The van der Waals surface area contributed by atoms with Crippen molar-refractivity contribution < 1.29 is 19.1 Å². The van der Waals surface area contributed by atoms with Gasteiger partial charge in [-0.15, -0.1) is 0 Å². The SMILES string of the molecule is O=C(CCCCCCOc1ccc(Br)cc1)NN1CCOC1=O. The number of cyclic esters (lactones) is 1. The van der Waals surface area contributed by atoms with Crippen molar-refractivity contribution in [3.05, 3.63) is 28.7 Å². The number of benzene rings is 1. The number of nitrogens with one attached hydrogen (secondary N) is 1. The first-order valence-corrected chi connectivity index (χ1v) is 8.56. The molecule has 0 aliphatic carbocycles. The van der Waals surface area contributed by atoms with Gasteiger partial charge in [-0.2, -0.15) is 0 Å². The fraction of sp³-hybridized carbons (Fsp3) is 0.500. The number of nitrogens with zero attached hydrogens (tertiary/aromatic N) is 1. The van der Waals surface area contributed by atoms with Crippen molar-refractivity contribution in [2.45, 2.75) is 32.1 Å². The van der Waals surface area contributed by atoms with Gasteiger partial charge in [-0.3, -0.25) is 10.2 Å². The van der Waals surface area contributed by atoms with Crippen LogP contribution in [-0.4, -0.2) is 36.8 Å². The number of amides is 2. The highest BCUT2D eigenvalue weighted by molar-refractivity contribution is 9.10. The quantitative estimate of drug-likeness (QED) is 0.663. The summed E-state index contributed by atoms with van der Waals surface area (Å²) in [4.78, 5) is 22.8. The number of rotatable bonds is 9. The van der Waals surface area contributed by atoms with Crippen molar-refractivity contribution in [3.63, 3.8) is 0 Å². The first-order valence-electron chi connectivity index (χ1n) is 7.77. The van der Waals surface area contributed by atoms with Crippen LogP contribution in [0.3, 0.4) is 0 Å². The number of carbonyl (C=O) groups excluding carboxylic acids is 2. The summed E-state index contributed by atoms with van der Waals surface area (Å²) in [5, 5.41) is 1.22. The minimum absolute atomic E-state index is 0.144. The normalized spacial score (nSPS) is 13.8. The van der Waals surface area contributed by atoms with E-state index in [-0.39, 0.29) is 5.91 Å². The highest BCUT2D eigenvalue weighted by atomic mass is 79.9. The van der Waals surface area contributed by atoms with Gasteiger partial charge >= 0.3 is 6.09 Å². The topological polar surface area (TPSA) is 67.9 Å². The van der Waals surface area contributed by atoms with Gasteiger partial charge in [0.2, 0.25) is 5.91 Å². The van der Waals surface area contributed by atoms with Gasteiger partial charge < -0.3 is 9.47 Å². The lowest BCUT2D eigenvalue weighted by molar-refractivity contribution is -0.124. The third kappa shape index (κ3) is 6.48. The molecule has 0 bridgehead atoms. The van der Waals surface area contributed by atoms with Crippen molar-refractivity contribution in [2.24, 2.45) is 0 Å². The zero-order chi connectivity index (χ0) is 16.5. The number of carbonyl (C=O) groups is 2. The number of hydrogen-bond donors (Lipinski definition) is 1. The average molecular weight is 385 g/mol. The second-order valence-electron chi connectivity index (χ2n) is 5.27. The van der Waals surface area contributed by atoms with E-state index >= 15 is 0 Å². The van der Waals surface area contributed by atoms with E-state index in [0.717, 1.165) is 35.9 Å². The average Bonchev–Trinajstić information content (AvgIpc) is 2.93. The van der Waals surface area contributed by atoms with Gasteiger partial charge in [0, 0.05) is 10.9 Å². The van der Waals surface area contributed by atoms with Gasteiger partial charge in [0.15, 0.2) is 0 Å². The monoisotopic (exact) mass is 384 g/mol. The number of halogens is 1. The first kappa shape index (κ1) is 17.6. The highest BCUT2D eigenvalue weighted by Gasteiger charge is 2.23. The van der Waals surface area contributed by atoms with Crippen molar-refractivity contribution >= 4 is 27.9 Å². The Morgan fingerprint density at radius 2 is 1.96 bits per heavy atom. The van der Waals surface area contributed by atoms with Crippen LogP contribution in [-0.2, 0) is 9.53 Å². The minimum atomic E-state index is -0.483. The van der Waals surface area contributed by atoms with Crippen LogP contribution in [0.4, 0.5) is 4.79 Å². The highest BCUT2D eigenvalue weighted by Crippen LogP contribution is 2.16. The molecule has 23 heavy (non-hydrogen) atoms. The molecule has 1 aliphatic rings. The maximum absolute atomic E-state index is 11.7. The standard InChI is InChI=1S/C16H21BrN2O4/c17-13-6-8-14(9-7-13)22-11-4-2-1-3-5-15(20)18-19-10-12-23-16(19)21/h6-9H,1-5,10-12H2,(H,18,20). The van der Waals surface area contributed by atoms with Gasteiger partial charge in [-0.25, -0.2) is 9.80 Å². The van der Waals surface area contributed by atoms with Crippen LogP contribution < -0.4 is 10.2 Å². The summed E-state index contributed by atoms with van der Waals surface area (Å²) in [7, 11) is 0. The summed E-state index contributed by atoms with van der Waals surface area (Å²) in [6.45, 7) is 1.42. The summed E-state index contributed by atoms with van der Waals surface area (Å²) in [6.07, 6.45) is 3.65. The van der Waals surface area contributed by atoms with Crippen LogP contribution >= 0.6 is 15.9 Å². The van der Waals surface area contributed by atoms with E-state index in [9.17, 15) is 9.59 Å². The first-order chi connectivity index (χ1) is 11.1. The van der Waals surface area contributed by atoms with Crippen molar-refractivity contribution in [1.29, 1.82) is 0 Å². The Balaban J connectivity index is 1.46. The fourth-order valence-corrected chi connectivity index (χ4v) is 2.43. The number of ether oxygens (including phenoxy) is 2. The maximum Gasteiger partial charge on any atom is 0.428 e. The van der Waals surface area contributed by atoms with Crippen LogP contribution in [0.2, 0.25) is 0 Å². The summed E-state index contributed by atoms with van der Waals surface area (Å²) < 4.78 is 11.4. The van der Waals surface area contributed by atoms with Crippen LogP contribution in [0.15, 0.2) is 28.7 Å². The number of hydrogen-bond acceptors (Lipinski definition) is 4. The van der Waals surface area contributed by atoms with Gasteiger partial charge in [0.25, 0.3) is 0 Å². The molecule has 0 aromatic heterocycles. The zero-order valence-electron chi connectivity index (χ0n) is 12.9. The molecule has 1 fully saturated rings. The van der Waals surface area contributed by atoms with Crippen LogP contribution in [0.1, 0.15) is 32.1 Å². The van der Waals surface area contributed by atoms with Crippen LogP contribution in [0, 0.1) is 0 Å². The third-order valence-corrected chi connectivity index (χ3v) is 3.93. The predicted molar refractivity (Wildman–Crippen MR) is 88.9 cm³/mol. The van der Waals surface area contributed by atoms with E-state index in [1.807, 2.05) is 24.3 Å². The zero-order valence-corrected chi connectivity index (χ0v) is 14.5. The molecule has 126 valence electrons. The minimum Gasteiger partial charge on any atom is -0.494 e. The van der Waals surface area contributed by atoms with E-state index < -0.39 is 6.09 Å². The lowest BCUT2D eigenvalue weighted by atomic mass is 10.1. The molecule has 0 spiro atoms. The summed E-state index contributed by atoms with van der Waals surface area (Å²) in [5.41, 5.74) is 2.55. The second-order valence-corrected chi connectivity index (χ2v) is 6.18. The molecule has 1 aliphatic heterocycles. The van der Waals surface area contributed by atoms with Gasteiger partial charge in [0.1, 0.15) is 12.4 Å². The molecular formula is C16H21BrN2O4. The van der Waals surface area contributed by atoms with Crippen LogP contribution in [0.25, 0.3) is 0 Å². The van der Waals surface area contributed by atoms with Crippen molar-refractivity contribution in [2.75, 3.05) is 19.8 Å². The second kappa shape index (κ2) is 9.39. The van der Waals surface area contributed by atoms with Gasteiger partial charge in [-0.1, -0.05) is 28.8 Å². The van der Waals surface area contributed by atoms with Crippen molar-refractivity contribution in [1.82, 2.24) is 10.4 Å². The molecule has 1 N–H and O–H groups in total. The summed E-state index contributed by atoms with van der Waals surface area (Å²) in [5.74, 6) is 0.722. The molecule has 7 heteroatoms. The Morgan fingerprint density at radius 1 is 1.22 bits per heavy atom. The summed E-state index contributed by atoms with van der Waals surface area (Å²) in [6, 6.07) is 7.75. The van der Waals surface area contributed by atoms with E-state index in [0.29, 0.717) is 26.2 Å². The lowest BCUT2D eigenvalue weighted by Crippen LogP contribution is -2.42. The maximum atomic E-state index is 11.7. The predicted octanol–water partition coefficient (Wildman–Crippen LogP) is 3.26. The Bertz CT molecular complexity index is 521. The lowest BCUT2D eigenvalue weighted by Gasteiger charge is -2.13. The Morgan fingerprint density at radius 3 is 2.65 bits per heavy atom. The third-order valence-electron chi connectivity index (χ3n) is 3.40. The summed E-state index contributed by atoms with van der Waals surface area (Å²) >= 11 is 3.38. The molecule has 1 aromatic carbocycles. The molecule has 0 radical (unpaired) electrons. The molecule has 0 saturated carbocycles. The smallest absolute Gasteiger partial charge is 0.428 e. The number of unbranched alkanes of at least 4 members (excludes halogenated alkanes) is 3. The molecule has 1 aromatic rings. The number of hydrazine groups is 1. The van der Waals surface area contributed by atoms with Crippen LogP contribution in [0.5, 0.6) is 5.75 Å². The van der Waals surface area contributed by atoms with Gasteiger partial charge in [0.05, 0.1) is 13.2 Å². The molecule has 0 atom stereocenters. The molecular weight excluding hydrogens is 364 g/mol. The Hall–Kier alpha value is -1.76. The fourth-order valence-electron chi connectivity index (χ4n) is 2.16. The molecule has 6 nitrogen and oxygen atoms in total. The van der Waals surface area contributed by atoms with Crippen molar-refractivity contribution in [3.8, 4) is 5.75 Å². The molecule has 1 heterocycles. The molecule has 2 amide bonds. The van der Waals surface area contributed by atoms with E-state index in [4.69, 9.17) is 9.47 Å². The van der Waals surface area contributed by atoms with E-state index in [1.54, 1.807) is 0 Å². The van der Waals surface area contributed by atoms with E-state index in [2.05, 4.69) is 21.4 Å². The Kier molecular flexibility index (Phi) is 7.19. The molecule has 1 saturated heterocycles. The molecule has 2 rings (SSSR count). The van der Waals surface area contributed by atoms with Gasteiger partial charge in [-0.05, 0) is 37.1 Å². The Labute approximate surface area is 144 Å². The largest absolute Gasteiger partial charge is 0.494 e. The molecule has 0 unspecified atom stereocenters.